The van der Waals surface area contributed by atoms with Crippen LogP contribution in [0.3, 0.4) is 0 Å². The molecule has 31 heavy (non-hydrogen) atoms. The van der Waals surface area contributed by atoms with Crippen LogP contribution in [0.4, 0.5) is 5.69 Å². The number of benzene rings is 2. The van der Waals surface area contributed by atoms with Crippen LogP contribution in [0.2, 0.25) is 0 Å². The molecule has 0 aromatic heterocycles. The lowest BCUT2D eigenvalue weighted by atomic mass is 10.2. The second kappa shape index (κ2) is 10.6. The highest BCUT2D eigenvalue weighted by Gasteiger charge is 2.27. The van der Waals surface area contributed by atoms with E-state index in [4.69, 9.17) is 4.74 Å². The number of aryl methyl sites for hydroxylation is 1. The molecule has 168 valence electrons. The normalized spacial score (nSPS) is 14.4. The van der Waals surface area contributed by atoms with Gasteiger partial charge in [-0.15, -0.1) is 0 Å². The van der Waals surface area contributed by atoms with Crippen LogP contribution >= 0.6 is 0 Å². The molecule has 1 fully saturated rings. The molecular weight excluding hydrogens is 414 g/mol. The molecule has 0 saturated carbocycles. The highest BCUT2D eigenvalue weighted by Crippen LogP contribution is 2.27. The summed E-state index contributed by atoms with van der Waals surface area (Å²) in [4.78, 5) is 15.1. The number of amides is 1. The monoisotopic (exact) mass is 445 g/mol. The minimum atomic E-state index is -3.93. The second-order valence-corrected chi connectivity index (χ2v) is 9.59. The Bertz CT molecular complexity index is 974. The number of para-hydroxylation sites is 1. The Morgan fingerprint density at radius 3 is 2.48 bits per heavy atom. The first kappa shape index (κ1) is 23.1. The zero-order valence-corrected chi connectivity index (χ0v) is 19.0. The topological polar surface area (TPSA) is 79.0 Å². The molecule has 0 spiro atoms. The zero-order chi connectivity index (χ0) is 22.3. The number of methoxy groups -OCH3 is 1. The van der Waals surface area contributed by atoms with Crippen molar-refractivity contribution in [3.63, 3.8) is 0 Å². The van der Waals surface area contributed by atoms with E-state index in [9.17, 15) is 13.2 Å². The van der Waals surface area contributed by atoms with E-state index < -0.39 is 10.0 Å². The lowest BCUT2D eigenvalue weighted by Crippen LogP contribution is -2.41. The van der Waals surface area contributed by atoms with E-state index in [0.29, 0.717) is 23.5 Å². The van der Waals surface area contributed by atoms with Gasteiger partial charge in [0.05, 0.1) is 17.7 Å². The van der Waals surface area contributed by atoms with Crippen LogP contribution in [-0.2, 0) is 14.8 Å². The van der Waals surface area contributed by atoms with E-state index in [2.05, 4.69) is 10.2 Å². The van der Waals surface area contributed by atoms with E-state index in [1.165, 1.54) is 18.9 Å². The Kier molecular flexibility index (Phi) is 7.92. The first-order valence-electron chi connectivity index (χ1n) is 10.6. The lowest BCUT2D eigenvalue weighted by molar-refractivity contribution is -0.119. The van der Waals surface area contributed by atoms with Crippen LogP contribution in [0, 0.1) is 6.92 Å². The standard InChI is InChI=1S/C23H31N3O4S/c1-19-17-21(11-12-22(19)30-2)31(28,29)26(20-9-4-3-5-10-20)18-23(27)24-13-8-16-25-14-6-7-15-25/h3-5,9-12,17H,6-8,13-16,18H2,1-2H3,(H,24,27). The smallest absolute Gasteiger partial charge is 0.264 e. The summed E-state index contributed by atoms with van der Waals surface area (Å²) in [5.74, 6) is 0.292. The van der Waals surface area contributed by atoms with Gasteiger partial charge in [0.2, 0.25) is 5.91 Å². The van der Waals surface area contributed by atoms with Gasteiger partial charge in [-0.05, 0) is 81.7 Å². The molecule has 1 N–H and O–H groups in total. The van der Waals surface area contributed by atoms with E-state index in [1.54, 1.807) is 50.4 Å². The van der Waals surface area contributed by atoms with E-state index in [0.717, 1.165) is 30.4 Å². The van der Waals surface area contributed by atoms with Crippen molar-refractivity contribution in [3.8, 4) is 5.75 Å². The molecule has 1 heterocycles. The molecule has 1 aliphatic rings. The Morgan fingerprint density at radius 2 is 1.84 bits per heavy atom. The minimum absolute atomic E-state index is 0.122. The molecule has 3 rings (SSSR count). The average molecular weight is 446 g/mol. The minimum Gasteiger partial charge on any atom is -0.496 e. The van der Waals surface area contributed by atoms with Gasteiger partial charge in [0.1, 0.15) is 12.3 Å². The van der Waals surface area contributed by atoms with Crippen LogP contribution < -0.4 is 14.4 Å². The molecule has 0 atom stereocenters. The van der Waals surface area contributed by atoms with Crippen LogP contribution in [0.5, 0.6) is 5.75 Å². The van der Waals surface area contributed by atoms with Gasteiger partial charge in [0.25, 0.3) is 10.0 Å². The largest absolute Gasteiger partial charge is 0.496 e. The Labute approximate surface area is 185 Å². The molecule has 1 amide bonds. The average Bonchev–Trinajstić information content (AvgIpc) is 3.29. The van der Waals surface area contributed by atoms with Crippen LogP contribution in [-0.4, -0.2) is 59.1 Å². The number of carbonyl (C=O) groups is 1. The fourth-order valence-corrected chi connectivity index (χ4v) is 5.28. The fourth-order valence-electron chi connectivity index (χ4n) is 3.77. The molecule has 0 unspecified atom stereocenters. The van der Waals surface area contributed by atoms with E-state index in [-0.39, 0.29) is 17.3 Å². The number of nitrogens with zero attached hydrogens (tertiary/aromatic N) is 2. The van der Waals surface area contributed by atoms with Gasteiger partial charge in [0, 0.05) is 6.54 Å². The van der Waals surface area contributed by atoms with E-state index in [1.807, 2.05) is 6.07 Å². The third-order valence-electron chi connectivity index (χ3n) is 5.46. The number of ether oxygens (including phenoxy) is 1. The Hall–Kier alpha value is -2.58. The molecule has 0 radical (unpaired) electrons. The highest BCUT2D eigenvalue weighted by molar-refractivity contribution is 7.92. The lowest BCUT2D eigenvalue weighted by Gasteiger charge is -2.24. The van der Waals surface area contributed by atoms with Gasteiger partial charge in [0.15, 0.2) is 0 Å². The van der Waals surface area contributed by atoms with Crippen LogP contribution in [0.15, 0.2) is 53.4 Å². The molecular formula is C23H31N3O4S. The zero-order valence-electron chi connectivity index (χ0n) is 18.2. The van der Waals surface area contributed by atoms with Crippen molar-refractivity contribution < 1.29 is 17.9 Å². The third-order valence-corrected chi connectivity index (χ3v) is 7.23. The summed E-state index contributed by atoms with van der Waals surface area (Å²) in [6, 6.07) is 13.4. The summed E-state index contributed by atoms with van der Waals surface area (Å²) in [5.41, 5.74) is 1.16. The summed E-state index contributed by atoms with van der Waals surface area (Å²) < 4.78 is 33.2. The number of hydrogen-bond acceptors (Lipinski definition) is 5. The van der Waals surface area contributed by atoms with Crippen LogP contribution in [0.1, 0.15) is 24.8 Å². The number of nitrogens with one attached hydrogen (secondary N) is 1. The number of rotatable bonds is 10. The molecule has 1 saturated heterocycles. The quantitative estimate of drug-likeness (QED) is 0.569. The summed E-state index contributed by atoms with van der Waals surface area (Å²) >= 11 is 0. The number of sulfonamides is 1. The molecule has 1 aliphatic heterocycles. The Balaban J connectivity index is 1.72. The van der Waals surface area contributed by atoms with Gasteiger partial charge in [-0.1, -0.05) is 18.2 Å². The maximum Gasteiger partial charge on any atom is 0.264 e. The number of carbonyl (C=O) groups excluding carboxylic acids is 1. The van der Waals surface area contributed by atoms with Crippen molar-refractivity contribution in [3.05, 3.63) is 54.1 Å². The summed E-state index contributed by atoms with van der Waals surface area (Å²) in [6.45, 7) is 5.23. The fraction of sp³-hybridized carbons (Fsp3) is 0.435. The molecule has 2 aromatic carbocycles. The molecule has 0 bridgehead atoms. The second-order valence-electron chi connectivity index (χ2n) is 7.73. The van der Waals surface area contributed by atoms with Gasteiger partial charge >= 0.3 is 0 Å². The van der Waals surface area contributed by atoms with Gasteiger partial charge < -0.3 is 15.0 Å². The predicted octanol–water partition coefficient (Wildman–Crippen LogP) is 2.80. The predicted molar refractivity (Wildman–Crippen MR) is 122 cm³/mol. The molecule has 0 aliphatic carbocycles. The van der Waals surface area contributed by atoms with Crippen molar-refractivity contribution >= 4 is 21.6 Å². The number of hydrogen-bond donors (Lipinski definition) is 1. The third kappa shape index (κ3) is 5.98. The molecule has 8 heteroatoms. The van der Waals surface area contributed by atoms with Crippen molar-refractivity contribution in [1.29, 1.82) is 0 Å². The van der Waals surface area contributed by atoms with Gasteiger partial charge in [-0.25, -0.2) is 8.42 Å². The SMILES string of the molecule is COc1ccc(S(=O)(=O)N(CC(=O)NCCCN2CCCC2)c2ccccc2)cc1C. The summed E-state index contributed by atoms with van der Waals surface area (Å²) in [7, 11) is -2.39. The molecule has 7 nitrogen and oxygen atoms in total. The van der Waals surface area contributed by atoms with Crippen molar-refractivity contribution in [2.45, 2.75) is 31.1 Å². The number of anilines is 1. The summed E-state index contributed by atoms with van der Waals surface area (Å²) in [6.07, 6.45) is 3.32. The maximum atomic E-state index is 13.4. The van der Waals surface area contributed by atoms with Crippen molar-refractivity contribution in [2.24, 2.45) is 0 Å². The van der Waals surface area contributed by atoms with Gasteiger partial charge in [-0.2, -0.15) is 0 Å². The first-order valence-corrected chi connectivity index (χ1v) is 12.1. The first-order chi connectivity index (χ1) is 14.9. The highest BCUT2D eigenvalue weighted by atomic mass is 32.2. The maximum absolute atomic E-state index is 13.4. The summed E-state index contributed by atoms with van der Waals surface area (Å²) in [5, 5.41) is 2.87. The van der Waals surface area contributed by atoms with Crippen molar-refractivity contribution in [2.75, 3.05) is 44.1 Å². The van der Waals surface area contributed by atoms with E-state index >= 15 is 0 Å². The number of likely N-dealkylation sites (tertiary alicyclic amines) is 1. The Morgan fingerprint density at radius 1 is 1.13 bits per heavy atom. The van der Waals surface area contributed by atoms with Crippen LogP contribution in [0.25, 0.3) is 0 Å². The molecule has 2 aromatic rings. The van der Waals surface area contributed by atoms with Gasteiger partial charge in [-0.3, -0.25) is 9.10 Å². The van der Waals surface area contributed by atoms with Crippen molar-refractivity contribution in [1.82, 2.24) is 10.2 Å².